The van der Waals surface area contributed by atoms with Gasteiger partial charge in [-0.25, -0.2) is 4.98 Å². The number of carbonyl (C=O) groups excluding carboxylic acids is 1. The fraction of sp³-hybridized carbons (Fsp3) is 0.227. The maximum Gasteiger partial charge on any atom is 0.416 e. The van der Waals surface area contributed by atoms with E-state index in [2.05, 4.69) is 15.3 Å². The minimum atomic E-state index is -4.55. The molecule has 0 aliphatic carbocycles. The first-order valence-electron chi connectivity index (χ1n) is 9.94. The Labute approximate surface area is 187 Å². The lowest BCUT2D eigenvalue weighted by molar-refractivity contribution is -0.138. The van der Waals surface area contributed by atoms with Gasteiger partial charge in [-0.05, 0) is 35.9 Å². The number of nitrogens with one attached hydrogen (secondary N) is 2. The number of rotatable bonds is 5. The fourth-order valence-corrected chi connectivity index (χ4v) is 3.49. The van der Waals surface area contributed by atoms with Crippen LogP contribution in [0.5, 0.6) is 0 Å². The van der Waals surface area contributed by atoms with Crippen molar-refractivity contribution >= 4 is 27.8 Å². The highest BCUT2D eigenvalue weighted by atomic mass is 19.4. The van der Waals surface area contributed by atoms with Gasteiger partial charge >= 0.3 is 12.4 Å². The van der Waals surface area contributed by atoms with Gasteiger partial charge in [-0.2, -0.15) is 26.3 Å². The number of benzene rings is 2. The molecule has 4 rings (SSSR count). The number of aromatic amines is 1. The van der Waals surface area contributed by atoms with Crippen LogP contribution in [-0.2, 0) is 30.2 Å². The van der Waals surface area contributed by atoms with Crippen molar-refractivity contribution in [2.24, 2.45) is 0 Å². The number of halogens is 6. The summed E-state index contributed by atoms with van der Waals surface area (Å²) in [6, 6.07) is 7.56. The third-order valence-electron chi connectivity index (χ3n) is 5.22. The standard InChI is InChI=1S/C22H16F6N4O2/c23-21(24,25)13-3-1-2-12(8-13)10-29-17(33)6-7-32-11-30-18-15-9-14(22(26,27)28)4-5-16(15)31-19(18)20(32)34/h1-5,8-9,11,31H,6-7,10H2,(H,29,33). The van der Waals surface area contributed by atoms with Crippen LogP contribution in [0.25, 0.3) is 21.9 Å². The molecule has 2 aromatic heterocycles. The topological polar surface area (TPSA) is 79.8 Å². The zero-order valence-corrected chi connectivity index (χ0v) is 17.2. The van der Waals surface area contributed by atoms with E-state index in [-0.39, 0.29) is 41.5 Å². The maximum absolute atomic E-state index is 13.0. The van der Waals surface area contributed by atoms with Crippen LogP contribution in [0.1, 0.15) is 23.1 Å². The highest BCUT2D eigenvalue weighted by molar-refractivity contribution is 6.04. The van der Waals surface area contributed by atoms with E-state index in [1.54, 1.807) is 0 Å². The minimum Gasteiger partial charge on any atom is -0.352 e. The predicted octanol–water partition coefficient (Wildman–Crippen LogP) is 4.62. The number of nitrogens with zero attached hydrogens (tertiary/aromatic N) is 2. The van der Waals surface area contributed by atoms with Crippen LogP contribution in [-0.4, -0.2) is 20.4 Å². The molecule has 0 bridgehead atoms. The van der Waals surface area contributed by atoms with Gasteiger partial charge in [0, 0.05) is 30.4 Å². The van der Waals surface area contributed by atoms with Crippen molar-refractivity contribution in [1.29, 1.82) is 0 Å². The molecule has 1 amide bonds. The number of hydrogen-bond donors (Lipinski definition) is 2. The van der Waals surface area contributed by atoms with Crippen LogP contribution >= 0.6 is 0 Å². The molecule has 2 heterocycles. The lowest BCUT2D eigenvalue weighted by Gasteiger charge is -2.10. The number of carbonyl (C=O) groups is 1. The Balaban J connectivity index is 1.46. The van der Waals surface area contributed by atoms with Crippen molar-refractivity contribution in [1.82, 2.24) is 19.9 Å². The van der Waals surface area contributed by atoms with Gasteiger partial charge in [0.25, 0.3) is 5.56 Å². The first kappa shape index (κ1) is 23.3. The summed E-state index contributed by atoms with van der Waals surface area (Å²) < 4.78 is 78.5. The normalized spacial score (nSPS) is 12.4. The second-order valence-corrected chi connectivity index (χ2v) is 7.57. The Kier molecular flexibility index (Phi) is 5.84. The van der Waals surface area contributed by atoms with E-state index in [0.717, 1.165) is 35.2 Å². The minimum absolute atomic E-state index is 0.00111. The van der Waals surface area contributed by atoms with E-state index >= 15 is 0 Å². The summed E-state index contributed by atoms with van der Waals surface area (Å²) in [5.41, 5.74) is -1.61. The number of amides is 1. The molecule has 0 aliphatic rings. The SMILES string of the molecule is O=C(CCn1cnc2c([nH]c3ccc(C(F)(F)F)cc32)c1=O)NCc1cccc(C(F)(F)F)c1. The Morgan fingerprint density at radius 2 is 1.71 bits per heavy atom. The summed E-state index contributed by atoms with van der Waals surface area (Å²) in [5, 5.41) is 2.64. The molecule has 178 valence electrons. The lowest BCUT2D eigenvalue weighted by atomic mass is 10.1. The van der Waals surface area contributed by atoms with E-state index in [4.69, 9.17) is 0 Å². The highest BCUT2D eigenvalue weighted by Crippen LogP contribution is 2.33. The van der Waals surface area contributed by atoms with Crippen molar-refractivity contribution in [3.63, 3.8) is 0 Å². The van der Waals surface area contributed by atoms with Crippen molar-refractivity contribution < 1.29 is 31.1 Å². The predicted molar refractivity (Wildman–Crippen MR) is 111 cm³/mol. The third kappa shape index (κ3) is 4.75. The number of H-pyrrole nitrogens is 1. The van der Waals surface area contributed by atoms with Gasteiger partial charge in [0.15, 0.2) is 0 Å². The summed E-state index contributed by atoms with van der Waals surface area (Å²) in [4.78, 5) is 31.7. The molecule has 2 aromatic carbocycles. The smallest absolute Gasteiger partial charge is 0.352 e. The zero-order chi connectivity index (χ0) is 24.7. The van der Waals surface area contributed by atoms with Gasteiger partial charge < -0.3 is 10.3 Å². The molecular weight excluding hydrogens is 466 g/mol. The summed E-state index contributed by atoms with van der Waals surface area (Å²) >= 11 is 0. The molecule has 0 saturated heterocycles. The van der Waals surface area contributed by atoms with E-state index in [1.807, 2.05) is 0 Å². The Bertz CT molecular complexity index is 1440. The monoisotopic (exact) mass is 482 g/mol. The largest absolute Gasteiger partial charge is 0.416 e. The van der Waals surface area contributed by atoms with Gasteiger partial charge in [-0.1, -0.05) is 12.1 Å². The molecule has 0 aliphatic heterocycles. The molecule has 6 nitrogen and oxygen atoms in total. The Morgan fingerprint density at radius 1 is 1.00 bits per heavy atom. The molecule has 12 heteroatoms. The van der Waals surface area contributed by atoms with Crippen LogP contribution in [0.15, 0.2) is 53.6 Å². The van der Waals surface area contributed by atoms with Gasteiger partial charge in [-0.15, -0.1) is 0 Å². The number of aromatic nitrogens is 3. The van der Waals surface area contributed by atoms with Crippen LogP contribution in [0, 0.1) is 0 Å². The van der Waals surface area contributed by atoms with Crippen molar-refractivity contribution in [2.45, 2.75) is 31.9 Å². The fourth-order valence-electron chi connectivity index (χ4n) is 3.49. The number of alkyl halides is 6. The first-order chi connectivity index (χ1) is 15.9. The average Bonchev–Trinajstić information content (AvgIpc) is 3.15. The molecule has 0 spiro atoms. The zero-order valence-electron chi connectivity index (χ0n) is 17.2. The van der Waals surface area contributed by atoms with Crippen LogP contribution in [0.3, 0.4) is 0 Å². The van der Waals surface area contributed by atoms with Crippen molar-refractivity contribution in [3.8, 4) is 0 Å². The number of hydrogen-bond acceptors (Lipinski definition) is 3. The average molecular weight is 482 g/mol. The number of aryl methyl sites for hydroxylation is 1. The van der Waals surface area contributed by atoms with Crippen LogP contribution < -0.4 is 10.9 Å². The molecule has 0 atom stereocenters. The molecule has 34 heavy (non-hydrogen) atoms. The quantitative estimate of drug-likeness (QED) is 0.408. The maximum atomic E-state index is 13.0. The summed E-state index contributed by atoms with van der Waals surface area (Å²) in [7, 11) is 0. The second-order valence-electron chi connectivity index (χ2n) is 7.57. The Hall–Kier alpha value is -3.83. The van der Waals surface area contributed by atoms with Crippen molar-refractivity contribution in [2.75, 3.05) is 0 Å². The summed E-state index contributed by atoms with van der Waals surface area (Å²) in [6.45, 7) is -0.210. The second kappa shape index (κ2) is 8.50. The first-order valence-corrected chi connectivity index (χ1v) is 9.94. The molecule has 4 aromatic rings. The summed E-state index contributed by atoms with van der Waals surface area (Å²) in [5.74, 6) is -0.504. The number of fused-ring (bicyclic) bond motifs is 3. The van der Waals surface area contributed by atoms with E-state index in [0.29, 0.717) is 5.52 Å². The van der Waals surface area contributed by atoms with Gasteiger partial charge in [-0.3, -0.25) is 14.2 Å². The van der Waals surface area contributed by atoms with Crippen LogP contribution in [0.4, 0.5) is 26.3 Å². The van der Waals surface area contributed by atoms with E-state index in [1.165, 1.54) is 18.2 Å². The molecule has 0 saturated carbocycles. The van der Waals surface area contributed by atoms with E-state index < -0.39 is 34.9 Å². The molecule has 0 fully saturated rings. The van der Waals surface area contributed by atoms with E-state index in [9.17, 15) is 35.9 Å². The lowest BCUT2D eigenvalue weighted by Crippen LogP contribution is -2.27. The van der Waals surface area contributed by atoms with Crippen LogP contribution in [0.2, 0.25) is 0 Å². The summed E-state index contributed by atoms with van der Waals surface area (Å²) in [6.07, 6.45) is -8.07. The van der Waals surface area contributed by atoms with Crippen molar-refractivity contribution in [3.05, 3.63) is 75.8 Å². The highest BCUT2D eigenvalue weighted by Gasteiger charge is 2.31. The molecule has 2 N–H and O–H groups in total. The molecule has 0 radical (unpaired) electrons. The third-order valence-corrected chi connectivity index (χ3v) is 5.22. The van der Waals surface area contributed by atoms with Gasteiger partial charge in [0.1, 0.15) is 11.0 Å². The molecular formula is C22H16F6N4O2. The van der Waals surface area contributed by atoms with Gasteiger partial charge in [0.05, 0.1) is 17.5 Å². The van der Waals surface area contributed by atoms with Gasteiger partial charge in [0.2, 0.25) is 5.91 Å². The Morgan fingerprint density at radius 3 is 2.41 bits per heavy atom. The molecule has 0 unspecified atom stereocenters.